The molecule has 0 unspecified atom stereocenters. The van der Waals surface area contributed by atoms with Crippen molar-refractivity contribution >= 4 is 21.5 Å². The zero-order valence-corrected chi connectivity index (χ0v) is 10.4. The Balaban J connectivity index is 2.44. The first-order chi connectivity index (χ1) is 8.83. The topological polar surface area (TPSA) is 55.3 Å². The van der Waals surface area contributed by atoms with Crippen LogP contribution < -0.4 is 11.5 Å². The number of fused-ring (bicyclic) bond motifs is 2. The lowest BCUT2D eigenvalue weighted by atomic mass is 9.97. The first kappa shape index (κ1) is 11.2. The molecule has 0 bridgehead atoms. The summed E-state index contributed by atoms with van der Waals surface area (Å²) in [6.45, 7) is 1.66. The Hall–Kier alpha value is -1.90. The maximum absolute atomic E-state index is 4.02. The minimum atomic E-state index is 0.829. The highest BCUT2D eigenvalue weighted by Crippen LogP contribution is 2.27. The van der Waals surface area contributed by atoms with Crippen LogP contribution >= 0.6 is 0 Å². The molecular formula is C16H18N2+2. The van der Waals surface area contributed by atoms with Gasteiger partial charge in [0.25, 0.3) is 0 Å². The van der Waals surface area contributed by atoms with E-state index in [1.165, 1.54) is 32.7 Å². The van der Waals surface area contributed by atoms with Crippen LogP contribution in [0.25, 0.3) is 21.5 Å². The smallest absolute Gasteiger partial charge is 0.100 e. The first-order valence-electron chi connectivity index (χ1n) is 6.35. The van der Waals surface area contributed by atoms with Gasteiger partial charge in [0.15, 0.2) is 0 Å². The Morgan fingerprint density at radius 3 is 1.61 bits per heavy atom. The van der Waals surface area contributed by atoms with Gasteiger partial charge in [0.05, 0.1) is 0 Å². The molecule has 90 valence electrons. The van der Waals surface area contributed by atoms with Crippen LogP contribution in [0.2, 0.25) is 0 Å². The standard InChI is InChI=1S/C16H16N2/c17-9-13-5-1-3-11-7-12-4-2-6-14(10-18)16(12)8-15(11)13/h1-8H,9-10,17-18H2/p+2. The lowest BCUT2D eigenvalue weighted by Crippen LogP contribution is -2.47. The zero-order chi connectivity index (χ0) is 12.5. The van der Waals surface area contributed by atoms with Crippen LogP contribution in [0.5, 0.6) is 0 Å². The van der Waals surface area contributed by atoms with E-state index >= 15 is 0 Å². The molecule has 18 heavy (non-hydrogen) atoms. The van der Waals surface area contributed by atoms with E-state index in [2.05, 4.69) is 60.0 Å². The average Bonchev–Trinajstić information content (AvgIpc) is 2.43. The van der Waals surface area contributed by atoms with Crippen molar-refractivity contribution in [3.8, 4) is 0 Å². The minimum Gasteiger partial charge on any atom is -0.354 e. The van der Waals surface area contributed by atoms with E-state index in [1.807, 2.05) is 0 Å². The molecule has 0 spiro atoms. The molecule has 0 heterocycles. The molecule has 0 aliphatic rings. The van der Waals surface area contributed by atoms with E-state index in [0.717, 1.165) is 13.1 Å². The van der Waals surface area contributed by atoms with Gasteiger partial charge in [0.2, 0.25) is 0 Å². The van der Waals surface area contributed by atoms with E-state index in [4.69, 9.17) is 0 Å². The van der Waals surface area contributed by atoms with Crippen LogP contribution in [0.15, 0.2) is 48.5 Å². The van der Waals surface area contributed by atoms with Crippen LogP contribution in [-0.2, 0) is 13.1 Å². The highest BCUT2D eigenvalue weighted by molar-refractivity contribution is 6.00. The molecule has 0 atom stereocenters. The fourth-order valence-corrected chi connectivity index (χ4v) is 2.62. The molecule has 2 nitrogen and oxygen atoms in total. The van der Waals surface area contributed by atoms with Crippen molar-refractivity contribution in [2.75, 3.05) is 0 Å². The fourth-order valence-electron chi connectivity index (χ4n) is 2.62. The van der Waals surface area contributed by atoms with E-state index in [9.17, 15) is 0 Å². The summed E-state index contributed by atoms with van der Waals surface area (Å²) in [5.41, 5.74) is 10.7. The van der Waals surface area contributed by atoms with Crippen molar-refractivity contribution in [1.29, 1.82) is 0 Å². The van der Waals surface area contributed by atoms with Crippen LogP contribution in [0.4, 0.5) is 0 Å². The molecule has 3 aromatic carbocycles. The summed E-state index contributed by atoms with van der Waals surface area (Å²) in [6, 6.07) is 17.5. The molecular weight excluding hydrogens is 220 g/mol. The van der Waals surface area contributed by atoms with E-state index in [0.29, 0.717) is 0 Å². The van der Waals surface area contributed by atoms with Gasteiger partial charge in [-0.25, -0.2) is 0 Å². The third kappa shape index (κ3) is 1.67. The first-order valence-corrected chi connectivity index (χ1v) is 6.35. The predicted octanol–water partition coefficient (Wildman–Crippen LogP) is 1.48. The van der Waals surface area contributed by atoms with E-state index in [1.54, 1.807) is 0 Å². The lowest BCUT2D eigenvalue weighted by Gasteiger charge is -2.08. The summed E-state index contributed by atoms with van der Waals surface area (Å²) in [7, 11) is 0. The second-order valence-electron chi connectivity index (χ2n) is 4.63. The summed E-state index contributed by atoms with van der Waals surface area (Å²) in [5, 5.41) is 5.23. The van der Waals surface area contributed by atoms with Crippen molar-refractivity contribution in [1.82, 2.24) is 0 Å². The summed E-state index contributed by atoms with van der Waals surface area (Å²) < 4.78 is 0. The molecule has 3 rings (SSSR count). The largest absolute Gasteiger partial charge is 0.354 e. The molecule has 2 heteroatoms. The average molecular weight is 238 g/mol. The molecule has 0 aliphatic heterocycles. The molecule has 3 aromatic rings. The van der Waals surface area contributed by atoms with Gasteiger partial charge < -0.3 is 11.5 Å². The van der Waals surface area contributed by atoms with Gasteiger partial charge in [-0.05, 0) is 33.7 Å². The molecule has 0 fully saturated rings. The van der Waals surface area contributed by atoms with Gasteiger partial charge in [-0.2, -0.15) is 0 Å². The third-order valence-corrected chi connectivity index (χ3v) is 3.60. The van der Waals surface area contributed by atoms with Crippen molar-refractivity contribution in [2.24, 2.45) is 0 Å². The molecule has 6 N–H and O–H groups in total. The fraction of sp³-hybridized carbons (Fsp3) is 0.125. The van der Waals surface area contributed by atoms with Gasteiger partial charge in [-0.15, -0.1) is 0 Å². The summed E-state index contributed by atoms with van der Waals surface area (Å²) in [4.78, 5) is 0. The zero-order valence-electron chi connectivity index (χ0n) is 10.4. The summed E-state index contributed by atoms with van der Waals surface area (Å²) >= 11 is 0. The number of quaternary nitrogens is 2. The van der Waals surface area contributed by atoms with Gasteiger partial charge >= 0.3 is 0 Å². The number of hydrogen-bond acceptors (Lipinski definition) is 0. The van der Waals surface area contributed by atoms with Crippen LogP contribution in [0, 0.1) is 0 Å². The van der Waals surface area contributed by atoms with Gasteiger partial charge in [-0.1, -0.05) is 36.4 Å². The third-order valence-electron chi connectivity index (χ3n) is 3.60. The lowest BCUT2D eigenvalue weighted by molar-refractivity contribution is -0.386. The number of rotatable bonds is 2. The van der Waals surface area contributed by atoms with Crippen molar-refractivity contribution < 1.29 is 11.5 Å². The van der Waals surface area contributed by atoms with Crippen molar-refractivity contribution in [2.45, 2.75) is 13.1 Å². The monoisotopic (exact) mass is 238 g/mol. The Kier molecular flexibility index (Phi) is 2.74. The highest BCUT2D eigenvalue weighted by atomic mass is 14.5. The molecule has 0 amide bonds. The minimum absolute atomic E-state index is 0.829. The normalized spacial score (nSPS) is 11.2. The van der Waals surface area contributed by atoms with Crippen LogP contribution in [0.3, 0.4) is 0 Å². The Morgan fingerprint density at radius 1 is 0.667 bits per heavy atom. The summed E-state index contributed by atoms with van der Waals surface area (Å²) in [5.74, 6) is 0. The molecule has 0 aliphatic carbocycles. The van der Waals surface area contributed by atoms with Crippen molar-refractivity contribution in [3.05, 3.63) is 59.7 Å². The second-order valence-corrected chi connectivity index (χ2v) is 4.63. The van der Waals surface area contributed by atoms with Gasteiger partial charge in [0.1, 0.15) is 13.1 Å². The Bertz CT molecular complexity index is 658. The van der Waals surface area contributed by atoms with E-state index in [-0.39, 0.29) is 0 Å². The molecule has 0 aromatic heterocycles. The molecule has 0 saturated heterocycles. The summed E-state index contributed by atoms with van der Waals surface area (Å²) in [6.07, 6.45) is 0. The van der Waals surface area contributed by atoms with E-state index < -0.39 is 0 Å². The Morgan fingerprint density at radius 2 is 1.17 bits per heavy atom. The Labute approximate surface area is 106 Å². The number of hydrogen-bond donors (Lipinski definition) is 2. The molecule has 0 saturated carbocycles. The maximum atomic E-state index is 4.02. The second kappa shape index (κ2) is 4.41. The molecule has 0 radical (unpaired) electrons. The van der Waals surface area contributed by atoms with Gasteiger partial charge in [-0.3, -0.25) is 0 Å². The van der Waals surface area contributed by atoms with Crippen LogP contribution in [0.1, 0.15) is 11.1 Å². The van der Waals surface area contributed by atoms with Crippen LogP contribution in [-0.4, -0.2) is 0 Å². The van der Waals surface area contributed by atoms with Gasteiger partial charge in [0, 0.05) is 11.1 Å². The van der Waals surface area contributed by atoms with Crippen molar-refractivity contribution in [3.63, 3.8) is 0 Å². The maximum Gasteiger partial charge on any atom is 0.100 e. The number of benzene rings is 3. The SMILES string of the molecule is [NH3+]Cc1cccc2cc3cccc(C[NH3+])c3cc12. The predicted molar refractivity (Wildman–Crippen MR) is 74.6 cm³/mol. The quantitative estimate of drug-likeness (QED) is 0.635. The highest BCUT2D eigenvalue weighted by Gasteiger charge is 2.06.